The SMILES string of the molecule is CCCCCCCCC=CCCCCCCCCOP(=O)(O)OCCCCCCCCCCCCCC.OCCN(CCO)CCO. The van der Waals surface area contributed by atoms with Gasteiger partial charge in [0.1, 0.15) is 0 Å². The zero-order valence-corrected chi connectivity index (χ0v) is 32.0. The molecule has 0 aromatic heterocycles. The van der Waals surface area contributed by atoms with E-state index in [9.17, 15) is 9.46 Å². The van der Waals surface area contributed by atoms with Crippen molar-refractivity contribution in [3.8, 4) is 0 Å². The highest BCUT2D eigenvalue weighted by Crippen LogP contribution is 2.43. The van der Waals surface area contributed by atoms with Gasteiger partial charge in [0.25, 0.3) is 0 Å². The van der Waals surface area contributed by atoms with Crippen LogP contribution < -0.4 is 0 Å². The summed E-state index contributed by atoms with van der Waals surface area (Å²) in [5.74, 6) is 0. The molecule has 0 aromatic rings. The number of aliphatic hydroxyl groups is 3. The van der Waals surface area contributed by atoms with Crippen LogP contribution in [-0.4, -0.2) is 77.8 Å². The first kappa shape index (κ1) is 48.8. The molecule has 1 unspecified atom stereocenters. The summed E-state index contributed by atoms with van der Waals surface area (Å²) in [7, 11) is -3.87. The van der Waals surface area contributed by atoms with Gasteiger partial charge in [-0.3, -0.25) is 13.9 Å². The van der Waals surface area contributed by atoms with Crippen molar-refractivity contribution >= 4 is 7.82 Å². The van der Waals surface area contributed by atoms with Crippen molar-refractivity contribution < 1.29 is 33.8 Å². The Labute approximate surface area is 291 Å². The van der Waals surface area contributed by atoms with Gasteiger partial charge in [-0.2, -0.15) is 0 Å². The van der Waals surface area contributed by atoms with E-state index in [-0.39, 0.29) is 19.8 Å². The number of hydrogen-bond donors (Lipinski definition) is 4. The predicted molar refractivity (Wildman–Crippen MR) is 200 cm³/mol. The fraction of sp³-hybridized carbons (Fsp3) is 0.947. The molecule has 284 valence electrons. The molecule has 0 fully saturated rings. The van der Waals surface area contributed by atoms with E-state index in [1.165, 1.54) is 141 Å². The van der Waals surface area contributed by atoms with E-state index in [0.29, 0.717) is 32.8 Å². The summed E-state index contributed by atoms with van der Waals surface area (Å²) >= 11 is 0. The lowest BCUT2D eigenvalue weighted by atomic mass is 10.1. The quantitative estimate of drug-likeness (QED) is 0.0288. The zero-order chi connectivity index (χ0) is 34.9. The highest BCUT2D eigenvalue weighted by Gasteiger charge is 2.19. The first-order valence-corrected chi connectivity index (χ1v) is 21.3. The Bertz CT molecular complexity index is 639. The second-order valence-electron chi connectivity index (χ2n) is 13.0. The summed E-state index contributed by atoms with van der Waals surface area (Å²) in [6.07, 6.45) is 37.4. The summed E-state index contributed by atoms with van der Waals surface area (Å²) in [4.78, 5) is 11.6. The monoisotopic (exact) mass is 694 g/mol. The highest BCUT2D eigenvalue weighted by molar-refractivity contribution is 7.47. The Morgan fingerprint density at radius 3 is 1.04 bits per heavy atom. The first-order valence-electron chi connectivity index (χ1n) is 19.8. The number of allylic oxidation sites excluding steroid dienone is 2. The Morgan fingerprint density at radius 2 is 0.745 bits per heavy atom. The lowest BCUT2D eigenvalue weighted by Crippen LogP contribution is -2.32. The number of rotatable bonds is 37. The largest absolute Gasteiger partial charge is 0.472 e. The average Bonchev–Trinajstić information content (AvgIpc) is 3.05. The molecule has 0 heterocycles. The maximum atomic E-state index is 12.0. The van der Waals surface area contributed by atoms with Crippen molar-refractivity contribution in [2.75, 3.05) is 52.7 Å². The van der Waals surface area contributed by atoms with Gasteiger partial charge in [-0.15, -0.1) is 0 Å². The summed E-state index contributed by atoms with van der Waals surface area (Å²) in [5, 5.41) is 25.5. The zero-order valence-electron chi connectivity index (χ0n) is 31.1. The van der Waals surface area contributed by atoms with Gasteiger partial charge < -0.3 is 20.2 Å². The molecule has 0 bridgehead atoms. The van der Waals surface area contributed by atoms with Crippen LogP contribution in [-0.2, 0) is 13.6 Å². The predicted octanol–water partition coefficient (Wildman–Crippen LogP) is 10.1. The molecule has 9 heteroatoms. The van der Waals surface area contributed by atoms with Gasteiger partial charge >= 0.3 is 7.82 Å². The Kier molecular flexibility index (Phi) is 43.5. The molecule has 0 saturated carbocycles. The van der Waals surface area contributed by atoms with Crippen LogP contribution in [0.5, 0.6) is 0 Å². The van der Waals surface area contributed by atoms with Gasteiger partial charge in [0.15, 0.2) is 0 Å². The van der Waals surface area contributed by atoms with Crippen LogP contribution >= 0.6 is 7.82 Å². The summed E-state index contributed by atoms with van der Waals surface area (Å²) in [6, 6.07) is 0. The van der Waals surface area contributed by atoms with Crippen molar-refractivity contribution in [2.24, 2.45) is 0 Å². The molecule has 0 spiro atoms. The number of hydrogen-bond acceptors (Lipinski definition) is 7. The number of aliphatic hydroxyl groups excluding tert-OH is 3. The lowest BCUT2D eigenvalue weighted by molar-refractivity contribution is 0.136. The minimum atomic E-state index is -3.87. The van der Waals surface area contributed by atoms with Gasteiger partial charge in [-0.25, -0.2) is 4.57 Å². The molecule has 1 atom stereocenters. The van der Waals surface area contributed by atoms with Gasteiger partial charge in [0.05, 0.1) is 33.0 Å². The Hall–Kier alpha value is -0.310. The highest BCUT2D eigenvalue weighted by atomic mass is 31.2. The van der Waals surface area contributed by atoms with Crippen molar-refractivity contribution in [1.82, 2.24) is 4.90 Å². The third-order valence-corrected chi connectivity index (χ3v) is 9.43. The second kappa shape index (κ2) is 41.9. The van der Waals surface area contributed by atoms with Crippen LogP contribution in [0, 0.1) is 0 Å². The van der Waals surface area contributed by atoms with E-state index in [1.54, 1.807) is 4.90 Å². The number of phosphoric acid groups is 1. The van der Waals surface area contributed by atoms with Gasteiger partial charge in [-0.1, -0.05) is 154 Å². The fourth-order valence-electron chi connectivity index (χ4n) is 5.45. The van der Waals surface area contributed by atoms with Crippen molar-refractivity contribution in [3.63, 3.8) is 0 Å². The van der Waals surface area contributed by atoms with Crippen molar-refractivity contribution in [3.05, 3.63) is 12.2 Å². The van der Waals surface area contributed by atoms with Gasteiger partial charge in [0.2, 0.25) is 0 Å². The first-order chi connectivity index (χ1) is 23.0. The van der Waals surface area contributed by atoms with Crippen LogP contribution in [0.25, 0.3) is 0 Å². The Morgan fingerprint density at radius 1 is 0.468 bits per heavy atom. The molecule has 0 aliphatic heterocycles. The minimum absolute atomic E-state index is 0.0694. The molecule has 47 heavy (non-hydrogen) atoms. The molecule has 0 saturated heterocycles. The molecule has 0 aliphatic carbocycles. The van der Waals surface area contributed by atoms with Crippen LogP contribution in [0.2, 0.25) is 0 Å². The van der Waals surface area contributed by atoms with Crippen molar-refractivity contribution in [1.29, 1.82) is 0 Å². The molecule has 0 rings (SSSR count). The molecular weight excluding hydrogens is 613 g/mol. The average molecular weight is 694 g/mol. The standard InChI is InChI=1S/C32H65O4P.C6H15NO3/c1-3-5-7-9-11-13-15-17-18-19-20-22-24-26-28-30-32-36-37(33,34)35-31-29-27-25-23-21-16-14-12-10-8-6-4-2;8-4-1-7(2-5-9)3-6-10/h17-18H,3-16,19-32H2,1-2H3,(H,33,34);8-10H,1-6H2. The maximum Gasteiger partial charge on any atom is 0.472 e. The summed E-state index contributed by atoms with van der Waals surface area (Å²) in [5.41, 5.74) is 0. The molecular formula is C38H80NO7P. The van der Waals surface area contributed by atoms with Crippen LogP contribution in [0.4, 0.5) is 0 Å². The van der Waals surface area contributed by atoms with E-state index in [0.717, 1.165) is 25.7 Å². The van der Waals surface area contributed by atoms with Gasteiger partial charge in [0, 0.05) is 19.6 Å². The number of nitrogens with zero attached hydrogens (tertiary/aromatic N) is 1. The molecule has 0 aliphatic rings. The number of unbranched alkanes of at least 4 members (excludes halogenated alkanes) is 23. The summed E-state index contributed by atoms with van der Waals surface area (Å²) < 4.78 is 22.2. The molecule has 0 aromatic carbocycles. The maximum absolute atomic E-state index is 12.0. The van der Waals surface area contributed by atoms with E-state index >= 15 is 0 Å². The third kappa shape index (κ3) is 43.7. The third-order valence-electron chi connectivity index (χ3n) is 8.41. The second-order valence-corrected chi connectivity index (χ2v) is 14.4. The molecule has 0 radical (unpaired) electrons. The molecule has 8 nitrogen and oxygen atoms in total. The topological polar surface area (TPSA) is 120 Å². The van der Waals surface area contributed by atoms with E-state index in [4.69, 9.17) is 24.4 Å². The van der Waals surface area contributed by atoms with E-state index < -0.39 is 7.82 Å². The lowest BCUT2D eigenvalue weighted by Gasteiger charge is -2.17. The van der Waals surface area contributed by atoms with E-state index in [1.807, 2.05) is 0 Å². The molecule has 0 amide bonds. The van der Waals surface area contributed by atoms with E-state index in [2.05, 4.69) is 26.0 Å². The van der Waals surface area contributed by atoms with Crippen LogP contribution in [0.3, 0.4) is 0 Å². The summed E-state index contributed by atoms with van der Waals surface area (Å²) in [6.45, 7) is 6.91. The van der Waals surface area contributed by atoms with Crippen LogP contribution in [0.15, 0.2) is 12.2 Å². The number of phosphoric ester groups is 1. The fourth-order valence-corrected chi connectivity index (χ4v) is 6.24. The van der Waals surface area contributed by atoms with Crippen molar-refractivity contribution in [2.45, 2.75) is 181 Å². The smallest absolute Gasteiger partial charge is 0.395 e. The van der Waals surface area contributed by atoms with Crippen LogP contribution in [0.1, 0.15) is 181 Å². The van der Waals surface area contributed by atoms with Gasteiger partial charge in [-0.05, 0) is 38.5 Å². The molecule has 4 N–H and O–H groups in total. The normalized spacial score (nSPS) is 12.9. The minimum Gasteiger partial charge on any atom is -0.395 e. The Balaban J connectivity index is 0.